The van der Waals surface area contributed by atoms with Gasteiger partial charge in [-0.15, -0.1) is 0 Å². The summed E-state index contributed by atoms with van der Waals surface area (Å²) in [6.07, 6.45) is -0.939. The lowest BCUT2D eigenvalue weighted by Gasteiger charge is -2.15. The largest absolute Gasteiger partial charge is 0.497 e. The van der Waals surface area contributed by atoms with Crippen molar-refractivity contribution in [3.8, 4) is 11.5 Å². The molecule has 0 saturated heterocycles. The monoisotopic (exact) mass is 357 g/mol. The van der Waals surface area contributed by atoms with E-state index in [-0.39, 0.29) is 12.0 Å². The smallest absolute Gasteiger partial charge is 0.338 e. The molecule has 1 atom stereocenters. The summed E-state index contributed by atoms with van der Waals surface area (Å²) in [5.74, 6) is 0.409. The number of amides is 1. The number of hydrogen-bond acceptors (Lipinski definition) is 5. The van der Waals surface area contributed by atoms with E-state index in [0.717, 1.165) is 0 Å². The van der Waals surface area contributed by atoms with Crippen LogP contribution in [-0.4, -0.2) is 31.2 Å². The highest BCUT2D eigenvalue weighted by Gasteiger charge is 2.16. The number of benzene rings is 2. The molecule has 26 heavy (non-hydrogen) atoms. The fourth-order valence-corrected chi connectivity index (χ4v) is 2.18. The van der Waals surface area contributed by atoms with Crippen molar-refractivity contribution in [2.45, 2.75) is 33.0 Å². The van der Waals surface area contributed by atoms with Crippen LogP contribution in [0.3, 0.4) is 0 Å². The van der Waals surface area contributed by atoms with Crippen LogP contribution in [0.5, 0.6) is 11.5 Å². The summed E-state index contributed by atoms with van der Waals surface area (Å²) in [6, 6.07) is 13.6. The van der Waals surface area contributed by atoms with Crippen LogP contribution in [0.15, 0.2) is 48.5 Å². The fraction of sp³-hybridized carbons (Fsp3) is 0.300. The Bertz CT molecular complexity index is 772. The molecule has 0 aliphatic rings. The zero-order chi connectivity index (χ0) is 19.1. The van der Waals surface area contributed by atoms with E-state index in [1.807, 2.05) is 0 Å². The van der Waals surface area contributed by atoms with Crippen LogP contribution in [0.1, 0.15) is 31.1 Å². The lowest BCUT2D eigenvalue weighted by Crippen LogP contribution is -2.30. The average Bonchev–Trinajstić information content (AvgIpc) is 2.61. The van der Waals surface area contributed by atoms with Gasteiger partial charge in [0.1, 0.15) is 11.5 Å². The van der Waals surface area contributed by atoms with E-state index in [1.54, 1.807) is 76.4 Å². The van der Waals surface area contributed by atoms with Gasteiger partial charge in [0.25, 0.3) is 5.91 Å². The van der Waals surface area contributed by atoms with Gasteiger partial charge in [-0.2, -0.15) is 0 Å². The molecule has 1 N–H and O–H groups in total. The van der Waals surface area contributed by atoms with E-state index in [9.17, 15) is 9.59 Å². The van der Waals surface area contributed by atoms with Crippen molar-refractivity contribution in [2.24, 2.45) is 0 Å². The summed E-state index contributed by atoms with van der Waals surface area (Å²) >= 11 is 0. The van der Waals surface area contributed by atoms with E-state index in [2.05, 4.69) is 5.32 Å². The van der Waals surface area contributed by atoms with Gasteiger partial charge in [-0.25, -0.2) is 4.79 Å². The second-order valence-electron chi connectivity index (χ2n) is 5.96. The minimum atomic E-state index is -0.728. The molecule has 0 radical (unpaired) electrons. The SMILES string of the molecule is COc1cccc(O[C@@H](C)C(=O)Nc2cccc(C(=O)OC(C)C)c2)c1. The third-order valence-corrected chi connectivity index (χ3v) is 3.43. The molecular formula is C20H23NO5. The first-order valence-corrected chi connectivity index (χ1v) is 8.31. The maximum Gasteiger partial charge on any atom is 0.338 e. The van der Waals surface area contributed by atoms with Crippen LogP contribution in [0, 0.1) is 0 Å². The van der Waals surface area contributed by atoms with Gasteiger partial charge in [0.15, 0.2) is 6.10 Å². The number of carbonyl (C=O) groups excluding carboxylic acids is 2. The molecule has 2 aromatic rings. The first kappa shape index (κ1) is 19.3. The second-order valence-corrected chi connectivity index (χ2v) is 5.96. The fourth-order valence-electron chi connectivity index (χ4n) is 2.18. The molecule has 0 saturated carbocycles. The molecule has 0 aliphatic carbocycles. The summed E-state index contributed by atoms with van der Waals surface area (Å²) in [6.45, 7) is 5.20. The average molecular weight is 357 g/mol. The van der Waals surface area contributed by atoms with Gasteiger partial charge < -0.3 is 19.5 Å². The Labute approximate surface area is 153 Å². The number of carbonyl (C=O) groups is 2. The zero-order valence-electron chi connectivity index (χ0n) is 15.3. The maximum absolute atomic E-state index is 12.3. The van der Waals surface area contributed by atoms with Crippen molar-refractivity contribution >= 4 is 17.6 Å². The van der Waals surface area contributed by atoms with Crippen LogP contribution >= 0.6 is 0 Å². The van der Waals surface area contributed by atoms with Gasteiger partial charge in [0, 0.05) is 11.8 Å². The van der Waals surface area contributed by atoms with Crippen molar-refractivity contribution in [1.82, 2.24) is 0 Å². The third-order valence-electron chi connectivity index (χ3n) is 3.43. The van der Waals surface area contributed by atoms with Gasteiger partial charge in [-0.3, -0.25) is 4.79 Å². The van der Waals surface area contributed by atoms with Gasteiger partial charge >= 0.3 is 5.97 Å². The number of methoxy groups -OCH3 is 1. The van der Waals surface area contributed by atoms with E-state index in [1.165, 1.54) is 0 Å². The molecule has 0 heterocycles. The topological polar surface area (TPSA) is 73.9 Å². The first-order chi connectivity index (χ1) is 12.4. The lowest BCUT2D eigenvalue weighted by atomic mass is 10.2. The molecule has 6 nitrogen and oxygen atoms in total. The minimum Gasteiger partial charge on any atom is -0.497 e. The molecule has 0 fully saturated rings. The van der Waals surface area contributed by atoms with Gasteiger partial charge in [0.05, 0.1) is 18.8 Å². The molecule has 1 amide bonds. The zero-order valence-corrected chi connectivity index (χ0v) is 15.3. The van der Waals surface area contributed by atoms with E-state index < -0.39 is 12.1 Å². The number of hydrogen-bond donors (Lipinski definition) is 1. The van der Waals surface area contributed by atoms with Crippen molar-refractivity contribution in [2.75, 3.05) is 12.4 Å². The van der Waals surface area contributed by atoms with Crippen molar-refractivity contribution in [3.63, 3.8) is 0 Å². The first-order valence-electron chi connectivity index (χ1n) is 8.31. The van der Waals surface area contributed by atoms with Gasteiger partial charge in [-0.05, 0) is 51.1 Å². The minimum absolute atomic E-state index is 0.211. The Morgan fingerprint density at radius 1 is 0.962 bits per heavy atom. The molecule has 2 aromatic carbocycles. The molecule has 138 valence electrons. The standard InChI is InChI=1S/C20H23NO5/c1-13(2)25-20(23)15-7-5-8-16(11-15)21-19(22)14(3)26-18-10-6-9-17(12-18)24-4/h5-14H,1-4H3,(H,21,22)/t14-/m0/s1. The molecule has 0 aliphatic heterocycles. The summed E-state index contributed by atoms with van der Waals surface area (Å²) in [5, 5.41) is 2.74. The highest BCUT2D eigenvalue weighted by molar-refractivity contribution is 5.96. The lowest BCUT2D eigenvalue weighted by molar-refractivity contribution is -0.122. The van der Waals surface area contributed by atoms with Crippen molar-refractivity contribution < 1.29 is 23.8 Å². The molecule has 0 aromatic heterocycles. The predicted molar refractivity (Wildman–Crippen MR) is 98.7 cm³/mol. The molecule has 2 rings (SSSR count). The van der Waals surface area contributed by atoms with E-state index in [0.29, 0.717) is 22.7 Å². The van der Waals surface area contributed by atoms with Crippen LogP contribution in [0.4, 0.5) is 5.69 Å². The molecule has 0 bridgehead atoms. The second kappa shape index (κ2) is 8.89. The van der Waals surface area contributed by atoms with E-state index >= 15 is 0 Å². The Kier molecular flexibility index (Phi) is 6.60. The number of esters is 1. The molecule has 6 heteroatoms. The Hall–Kier alpha value is -3.02. The van der Waals surface area contributed by atoms with Crippen molar-refractivity contribution in [1.29, 1.82) is 0 Å². The number of nitrogens with one attached hydrogen (secondary N) is 1. The van der Waals surface area contributed by atoms with Crippen LogP contribution in [-0.2, 0) is 9.53 Å². The Morgan fingerprint density at radius 2 is 1.65 bits per heavy atom. The van der Waals surface area contributed by atoms with Crippen LogP contribution in [0.25, 0.3) is 0 Å². The van der Waals surface area contributed by atoms with Gasteiger partial charge in [0.2, 0.25) is 0 Å². The number of rotatable bonds is 7. The normalized spacial score (nSPS) is 11.6. The Morgan fingerprint density at radius 3 is 2.35 bits per heavy atom. The summed E-state index contributed by atoms with van der Waals surface area (Å²) < 4.78 is 15.9. The quantitative estimate of drug-likeness (QED) is 0.766. The van der Waals surface area contributed by atoms with Crippen LogP contribution < -0.4 is 14.8 Å². The molecular weight excluding hydrogens is 334 g/mol. The Balaban J connectivity index is 2.01. The maximum atomic E-state index is 12.3. The summed E-state index contributed by atoms with van der Waals surface area (Å²) in [7, 11) is 1.56. The summed E-state index contributed by atoms with van der Waals surface area (Å²) in [5.41, 5.74) is 0.868. The van der Waals surface area contributed by atoms with Crippen LogP contribution in [0.2, 0.25) is 0 Å². The highest BCUT2D eigenvalue weighted by atomic mass is 16.5. The number of anilines is 1. The van der Waals surface area contributed by atoms with Crippen molar-refractivity contribution in [3.05, 3.63) is 54.1 Å². The summed E-state index contributed by atoms with van der Waals surface area (Å²) in [4.78, 5) is 24.3. The highest BCUT2D eigenvalue weighted by Crippen LogP contribution is 2.20. The van der Waals surface area contributed by atoms with E-state index in [4.69, 9.17) is 14.2 Å². The predicted octanol–water partition coefficient (Wildman–Crippen LogP) is 3.67. The number of ether oxygens (including phenoxy) is 3. The molecule has 0 spiro atoms. The van der Waals surface area contributed by atoms with Gasteiger partial charge in [-0.1, -0.05) is 12.1 Å². The molecule has 0 unspecified atom stereocenters. The third kappa shape index (κ3) is 5.51.